The van der Waals surface area contributed by atoms with E-state index in [2.05, 4.69) is 27.7 Å². The monoisotopic (exact) mass is 202 g/mol. The van der Waals surface area contributed by atoms with Crippen LogP contribution < -0.4 is 5.32 Å². The van der Waals surface area contributed by atoms with Crippen molar-refractivity contribution in [3.63, 3.8) is 0 Å². The maximum Gasteiger partial charge on any atom is 0.233 e. The molecule has 1 aliphatic heterocycles. The van der Waals surface area contributed by atoms with E-state index in [9.17, 15) is 0 Å². The predicted octanol–water partition coefficient (Wildman–Crippen LogP) is 1.46. The van der Waals surface area contributed by atoms with E-state index < -0.39 is 0 Å². The quantitative estimate of drug-likeness (QED) is 0.761. The molecule has 2 aromatic heterocycles. The summed E-state index contributed by atoms with van der Waals surface area (Å²) in [7, 11) is 0. The summed E-state index contributed by atoms with van der Waals surface area (Å²) in [6.07, 6.45) is 8.42. The molecule has 3 rings (SSSR count). The first-order valence-electron chi connectivity index (χ1n) is 5.37. The second-order valence-corrected chi connectivity index (χ2v) is 4.15. The van der Waals surface area contributed by atoms with Gasteiger partial charge >= 0.3 is 0 Å². The number of hydrogen-bond acceptors (Lipinski definition) is 3. The Morgan fingerprint density at radius 2 is 2.40 bits per heavy atom. The van der Waals surface area contributed by atoms with Gasteiger partial charge < -0.3 is 5.32 Å². The van der Waals surface area contributed by atoms with E-state index in [0.717, 1.165) is 23.6 Å². The fourth-order valence-corrected chi connectivity index (χ4v) is 2.11. The molecule has 1 atom stereocenters. The predicted molar refractivity (Wildman–Crippen MR) is 57.7 cm³/mol. The smallest absolute Gasteiger partial charge is 0.233 e. The first kappa shape index (κ1) is 8.85. The van der Waals surface area contributed by atoms with Crippen LogP contribution in [-0.2, 0) is 0 Å². The average Bonchev–Trinajstić information content (AvgIpc) is 2.84. The van der Waals surface area contributed by atoms with Crippen LogP contribution in [0.2, 0.25) is 0 Å². The van der Waals surface area contributed by atoms with Gasteiger partial charge in [-0.25, -0.2) is 9.97 Å². The molecule has 3 heterocycles. The van der Waals surface area contributed by atoms with Gasteiger partial charge in [-0.15, -0.1) is 0 Å². The molecule has 0 spiro atoms. The second kappa shape index (κ2) is 3.31. The molecule has 15 heavy (non-hydrogen) atoms. The Balaban J connectivity index is 2.05. The topological polar surface area (TPSA) is 42.2 Å². The molecule has 2 aromatic rings. The Hall–Kier alpha value is -1.42. The summed E-state index contributed by atoms with van der Waals surface area (Å²) in [5, 5.41) is 3.44. The van der Waals surface area contributed by atoms with Crippen LogP contribution in [0.1, 0.15) is 30.1 Å². The Bertz CT molecular complexity index is 482. The zero-order valence-corrected chi connectivity index (χ0v) is 8.77. The first-order valence-corrected chi connectivity index (χ1v) is 5.37. The van der Waals surface area contributed by atoms with Crippen LogP contribution in [0, 0.1) is 6.92 Å². The van der Waals surface area contributed by atoms with Crippen LogP contribution in [0.5, 0.6) is 0 Å². The Labute approximate surface area is 88.4 Å². The molecule has 78 valence electrons. The highest BCUT2D eigenvalue weighted by molar-refractivity contribution is 5.32. The van der Waals surface area contributed by atoms with Crippen LogP contribution in [0.25, 0.3) is 5.78 Å². The van der Waals surface area contributed by atoms with Gasteiger partial charge in [0.25, 0.3) is 0 Å². The standard InChI is InChI=1S/C11H14N4/c1-8-5-13-11-14-10(7-15(11)6-8)9-3-2-4-12-9/h5-7,9,12H,2-4H2,1H3. The number of imidazole rings is 1. The van der Waals surface area contributed by atoms with E-state index in [1.54, 1.807) is 0 Å². The van der Waals surface area contributed by atoms with Crippen molar-refractivity contribution in [1.29, 1.82) is 0 Å². The maximum absolute atomic E-state index is 4.53. The van der Waals surface area contributed by atoms with Crippen LogP contribution in [-0.4, -0.2) is 20.9 Å². The number of hydrogen-bond donors (Lipinski definition) is 1. The van der Waals surface area contributed by atoms with Crippen LogP contribution in [0.15, 0.2) is 18.6 Å². The van der Waals surface area contributed by atoms with Crippen molar-refractivity contribution in [2.75, 3.05) is 6.54 Å². The second-order valence-electron chi connectivity index (χ2n) is 4.15. The maximum atomic E-state index is 4.53. The van der Waals surface area contributed by atoms with Gasteiger partial charge in [-0.2, -0.15) is 0 Å². The molecule has 4 heteroatoms. The molecule has 0 radical (unpaired) electrons. The van der Waals surface area contributed by atoms with Crippen molar-refractivity contribution in [3.05, 3.63) is 29.8 Å². The SMILES string of the molecule is Cc1cnc2nc(C3CCCN3)cn2c1. The molecule has 1 aliphatic rings. The average molecular weight is 202 g/mol. The summed E-state index contributed by atoms with van der Waals surface area (Å²) >= 11 is 0. The van der Waals surface area contributed by atoms with Crippen molar-refractivity contribution in [1.82, 2.24) is 19.7 Å². The molecule has 4 nitrogen and oxygen atoms in total. The third-order valence-corrected chi connectivity index (χ3v) is 2.88. The minimum Gasteiger partial charge on any atom is -0.309 e. The lowest BCUT2D eigenvalue weighted by Crippen LogP contribution is -2.12. The summed E-state index contributed by atoms with van der Waals surface area (Å²) in [5.74, 6) is 0.796. The Morgan fingerprint density at radius 1 is 1.47 bits per heavy atom. The third-order valence-electron chi connectivity index (χ3n) is 2.88. The van der Waals surface area contributed by atoms with Gasteiger partial charge in [-0.1, -0.05) is 0 Å². The lowest BCUT2D eigenvalue weighted by Gasteiger charge is -2.03. The Morgan fingerprint density at radius 3 is 3.20 bits per heavy atom. The molecule has 0 saturated carbocycles. The van der Waals surface area contributed by atoms with Crippen LogP contribution >= 0.6 is 0 Å². The van der Waals surface area contributed by atoms with Crippen LogP contribution in [0.4, 0.5) is 0 Å². The Kier molecular flexibility index (Phi) is 1.95. The summed E-state index contributed by atoms with van der Waals surface area (Å²) in [6, 6.07) is 0.423. The van der Waals surface area contributed by atoms with Gasteiger partial charge in [-0.3, -0.25) is 4.40 Å². The molecule has 0 amide bonds. The molecule has 1 N–H and O–H groups in total. The third kappa shape index (κ3) is 1.51. The highest BCUT2D eigenvalue weighted by atomic mass is 15.1. The van der Waals surface area contributed by atoms with E-state index in [0.29, 0.717) is 6.04 Å². The lowest BCUT2D eigenvalue weighted by atomic mass is 10.2. The van der Waals surface area contributed by atoms with Gasteiger partial charge in [0, 0.05) is 18.6 Å². The largest absolute Gasteiger partial charge is 0.309 e. The van der Waals surface area contributed by atoms with Crippen molar-refractivity contribution in [2.24, 2.45) is 0 Å². The molecule has 1 fully saturated rings. The van der Waals surface area contributed by atoms with Gasteiger partial charge in [0.2, 0.25) is 5.78 Å². The number of aromatic nitrogens is 3. The molecule has 0 aromatic carbocycles. The highest BCUT2D eigenvalue weighted by Crippen LogP contribution is 2.21. The summed E-state index contributed by atoms with van der Waals surface area (Å²) in [4.78, 5) is 8.82. The summed E-state index contributed by atoms with van der Waals surface area (Å²) in [5.41, 5.74) is 2.27. The zero-order chi connectivity index (χ0) is 10.3. The summed E-state index contributed by atoms with van der Waals surface area (Å²) in [6.45, 7) is 3.14. The zero-order valence-electron chi connectivity index (χ0n) is 8.77. The van der Waals surface area contributed by atoms with E-state index in [1.165, 1.54) is 12.8 Å². The molecule has 1 unspecified atom stereocenters. The number of aryl methyl sites for hydroxylation is 1. The normalized spacial score (nSPS) is 21.3. The number of rotatable bonds is 1. The van der Waals surface area contributed by atoms with E-state index in [1.807, 2.05) is 17.5 Å². The van der Waals surface area contributed by atoms with Gasteiger partial charge in [0.15, 0.2) is 0 Å². The van der Waals surface area contributed by atoms with E-state index in [4.69, 9.17) is 0 Å². The number of nitrogens with one attached hydrogen (secondary N) is 1. The fourth-order valence-electron chi connectivity index (χ4n) is 2.11. The van der Waals surface area contributed by atoms with Crippen molar-refractivity contribution < 1.29 is 0 Å². The minimum absolute atomic E-state index is 0.423. The lowest BCUT2D eigenvalue weighted by molar-refractivity contribution is 0.632. The van der Waals surface area contributed by atoms with Crippen LogP contribution in [0.3, 0.4) is 0 Å². The molecule has 0 aliphatic carbocycles. The van der Waals surface area contributed by atoms with Gasteiger partial charge in [0.1, 0.15) is 0 Å². The fraction of sp³-hybridized carbons (Fsp3) is 0.455. The molecular formula is C11H14N4. The minimum atomic E-state index is 0.423. The molecule has 1 saturated heterocycles. The number of nitrogens with zero attached hydrogens (tertiary/aromatic N) is 3. The van der Waals surface area contributed by atoms with Crippen molar-refractivity contribution in [3.8, 4) is 0 Å². The van der Waals surface area contributed by atoms with Gasteiger partial charge in [0.05, 0.1) is 11.7 Å². The van der Waals surface area contributed by atoms with Crippen molar-refractivity contribution in [2.45, 2.75) is 25.8 Å². The molecule has 0 bridgehead atoms. The van der Waals surface area contributed by atoms with Gasteiger partial charge in [-0.05, 0) is 31.9 Å². The van der Waals surface area contributed by atoms with E-state index >= 15 is 0 Å². The van der Waals surface area contributed by atoms with Crippen molar-refractivity contribution >= 4 is 5.78 Å². The summed E-state index contributed by atoms with van der Waals surface area (Å²) < 4.78 is 2.00. The number of fused-ring (bicyclic) bond motifs is 1. The molecular weight excluding hydrogens is 188 g/mol. The highest BCUT2D eigenvalue weighted by Gasteiger charge is 2.19. The van der Waals surface area contributed by atoms with E-state index in [-0.39, 0.29) is 0 Å². The first-order chi connectivity index (χ1) is 7.33.